The van der Waals surface area contributed by atoms with Crippen LogP contribution in [-0.2, 0) is 0 Å². The molecule has 1 aromatic carbocycles. The van der Waals surface area contributed by atoms with Crippen LogP contribution < -0.4 is 5.32 Å². The smallest absolute Gasteiger partial charge is 0.269 e. The molecule has 0 unspecified atom stereocenters. The van der Waals surface area contributed by atoms with Crippen molar-refractivity contribution in [3.8, 4) is 0 Å². The van der Waals surface area contributed by atoms with E-state index in [1.54, 1.807) is 12.1 Å². The Labute approximate surface area is 112 Å². The van der Waals surface area contributed by atoms with E-state index in [0.29, 0.717) is 6.04 Å². The predicted octanol–water partition coefficient (Wildman–Crippen LogP) is 1.46. The van der Waals surface area contributed by atoms with Crippen molar-refractivity contribution in [3.05, 3.63) is 34.4 Å². The number of nitro groups is 1. The van der Waals surface area contributed by atoms with Gasteiger partial charge in [-0.15, -0.1) is 0 Å². The number of benzene rings is 1. The summed E-state index contributed by atoms with van der Waals surface area (Å²) in [7, 11) is 0. The van der Waals surface area contributed by atoms with Crippen LogP contribution in [0, 0.1) is 10.1 Å². The van der Waals surface area contributed by atoms with Crippen molar-refractivity contribution in [1.82, 2.24) is 4.90 Å². The van der Waals surface area contributed by atoms with Gasteiger partial charge in [-0.25, -0.2) is 0 Å². The predicted molar refractivity (Wildman–Crippen MR) is 73.3 cm³/mol. The zero-order chi connectivity index (χ0) is 13.7. The van der Waals surface area contributed by atoms with Gasteiger partial charge in [0.15, 0.2) is 0 Å². The molecule has 2 rings (SSSR count). The fraction of sp³-hybridized carbons (Fsp3) is 0.538. The van der Waals surface area contributed by atoms with Crippen LogP contribution in [-0.4, -0.2) is 47.2 Å². The lowest BCUT2D eigenvalue weighted by atomic mass is 10.0. The number of rotatable bonds is 5. The van der Waals surface area contributed by atoms with E-state index in [0.717, 1.165) is 38.2 Å². The summed E-state index contributed by atoms with van der Waals surface area (Å²) in [5.74, 6) is 0. The van der Waals surface area contributed by atoms with Crippen LogP contribution in [0.3, 0.4) is 0 Å². The molecule has 1 saturated heterocycles. The van der Waals surface area contributed by atoms with Crippen LogP contribution in [0.15, 0.2) is 24.3 Å². The molecule has 1 aromatic rings. The second-order valence-corrected chi connectivity index (χ2v) is 4.79. The quantitative estimate of drug-likeness (QED) is 0.622. The molecule has 0 amide bonds. The number of piperidine rings is 1. The number of nitrogens with one attached hydrogen (secondary N) is 1. The Morgan fingerprint density at radius 2 is 1.95 bits per heavy atom. The minimum atomic E-state index is -0.392. The molecule has 0 saturated carbocycles. The van der Waals surface area contributed by atoms with Crippen LogP contribution in [0.2, 0.25) is 0 Å². The van der Waals surface area contributed by atoms with Gasteiger partial charge in [0.1, 0.15) is 0 Å². The number of nitrogens with zero attached hydrogens (tertiary/aromatic N) is 2. The van der Waals surface area contributed by atoms with Crippen molar-refractivity contribution < 1.29 is 10.0 Å². The van der Waals surface area contributed by atoms with Crippen LogP contribution in [0.1, 0.15) is 12.8 Å². The molecule has 0 aromatic heterocycles. The fourth-order valence-electron chi connectivity index (χ4n) is 2.36. The zero-order valence-electron chi connectivity index (χ0n) is 10.8. The number of anilines is 1. The van der Waals surface area contributed by atoms with Gasteiger partial charge in [0, 0.05) is 43.5 Å². The Kier molecular flexibility index (Phi) is 4.70. The maximum absolute atomic E-state index is 10.6. The first-order valence-corrected chi connectivity index (χ1v) is 6.53. The molecule has 0 spiro atoms. The molecular weight excluding hydrogens is 246 g/mol. The second-order valence-electron chi connectivity index (χ2n) is 4.79. The minimum Gasteiger partial charge on any atom is -0.395 e. The highest BCUT2D eigenvalue weighted by atomic mass is 16.6. The molecule has 6 nitrogen and oxygen atoms in total. The van der Waals surface area contributed by atoms with Crippen LogP contribution in [0.25, 0.3) is 0 Å². The lowest BCUT2D eigenvalue weighted by molar-refractivity contribution is -0.384. The number of hydrogen-bond donors (Lipinski definition) is 2. The summed E-state index contributed by atoms with van der Waals surface area (Å²) in [6.45, 7) is 2.90. The van der Waals surface area contributed by atoms with E-state index in [4.69, 9.17) is 5.11 Å². The van der Waals surface area contributed by atoms with Gasteiger partial charge in [0.25, 0.3) is 5.69 Å². The average Bonchev–Trinajstić information content (AvgIpc) is 2.42. The van der Waals surface area contributed by atoms with E-state index in [-0.39, 0.29) is 12.3 Å². The summed E-state index contributed by atoms with van der Waals surface area (Å²) in [6, 6.07) is 6.93. The lowest BCUT2D eigenvalue weighted by Gasteiger charge is -2.32. The maximum atomic E-state index is 10.6. The maximum Gasteiger partial charge on any atom is 0.269 e. The van der Waals surface area contributed by atoms with Crippen molar-refractivity contribution in [2.75, 3.05) is 31.6 Å². The number of aliphatic hydroxyl groups is 1. The van der Waals surface area contributed by atoms with E-state index >= 15 is 0 Å². The standard InChI is InChI=1S/C13H19N3O3/c17-10-9-15-7-5-12(6-8-15)14-11-1-3-13(4-2-11)16(18)19/h1-4,12,14,17H,5-10H2. The average molecular weight is 265 g/mol. The molecule has 19 heavy (non-hydrogen) atoms. The molecule has 0 aliphatic carbocycles. The van der Waals surface area contributed by atoms with Gasteiger partial charge in [0.2, 0.25) is 0 Å². The van der Waals surface area contributed by atoms with Gasteiger partial charge in [-0.2, -0.15) is 0 Å². The Morgan fingerprint density at radius 1 is 1.32 bits per heavy atom. The van der Waals surface area contributed by atoms with Gasteiger partial charge < -0.3 is 15.3 Å². The Bertz CT molecular complexity index is 414. The van der Waals surface area contributed by atoms with Crippen molar-refractivity contribution in [2.45, 2.75) is 18.9 Å². The molecule has 2 N–H and O–H groups in total. The van der Waals surface area contributed by atoms with E-state index in [1.165, 1.54) is 12.1 Å². The largest absolute Gasteiger partial charge is 0.395 e. The monoisotopic (exact) mass is 265 g/mol. The molecule has 104 valence electrons. The van der Waals surface area contributed by atoms with E-state index in [1.807, 2.05) is 0 Å². The first kappa shape index (κ1) is 13.8. The topological polar surface area (TPSA) is 78.6 Å². The Balaban J connectivity index is 1.83. The number of β-amino-alcohol motifs (C(OH)–C–C–N with tert-alkyl or cyclic N) is 1. The number of aliphatic hydroxyl groups excluding tert-OH is 1. The number of non-ortho nitro benzene ring substituents is 1. The summed E-state index contributed by atoms with van der Waals surface area (Å²) < 4.78 is 0. The second kappa shape index (κ2) is 6.49. The normalized spacial score (nSPS) is 17.3. The molecule has 1 heterocycles. The fourth-order valence-corrected chi connectivity index (χ4v) is 2.36. The summed E-state index contributed by atoms with van der Waals surface area (Å²) in [5.41, 5.74) is 1.04. The summed E-state index contributed by atoms with van der Waals surface area (Å²) >= 11 is 0. The highest BCUT2D eigenvalue weighted by Gasteiger charge is 2.18. The first-order valence-electron chi connectivity index (χ1n) is 6.53. The van der Waals surface area contributed by atoms with Gasteiger partial charge in [-0.3, -0.25) is 10.1 Å². The van der Waals surface area contributed by atoms with Gasteiger partial charge in [0.05, 0.1) is 11.5 Å². The molecule has 1 fully saturated rings. The first-order chi connectivity index (χ1) is 9.19. The van der Waals surface area contributed by atoms with Crippen molar-refractivity contribution in [2.24, 2.45) is 0 Å². The molecule has 0 atom stereocenters. The van der Waals surface area contributed by atoms with E-state index < -0.39 is 4.92 Å². The van der Waals surface area contributed by atoms with Crippen LogP contribution in [0.4, 0.5) is 11.4 Å². The van der Waals surface area contributed by atoms with Gasteiger partial charge in [-0.05, 0) is 25.0 Å². The van der Waals surface area contributed by atoms with Crippen molar-refractivity contribution in [1.29, 1.82) is 0 Å². The van der Waals surface area contributed by atoms with Crippen molar-refractivity contribution >= 4 is 11.4 Å². The molecular formula is C13H19N3O3. The van der Waals surface area contributed by atoms with Gasteiger partial charge in [-0.1, -0.05) is 0 Å². The van der Waals surface area contributed by atoms with Crippen LogP contribution >= 0.6 is 0 Å². The zero-order valence-corrected chi connectivity index (χ0v) is 10.8. The number of nitro benzene ring substituents is 1. The highest BCUT2D eigenvalue weighted by molar-refractivity contribution is 5.49. The SMILES string of the molecule is O=[N+]([O-])c1ccc(NC2CCN(CCO)CC2)cc1. The summed E-state index contributed by atoms with van der Waals surface area (Å²) in [5, 5.41) is 22.8. The summed E-state index contributed by atoms with van der Waals surface area (Å²) in [6.07, 6.45) is 2.05. The van der Waals surface area contributed by atoms with Crippen molar-refractivity contribution in [3.63, 3.8) is 0 Å². The molecule has 1 aliphatic heterocycles. The molecule has 0 radical (unpaired) electrons. The third-order valence-electron chi connectivity index (χ3n) is 3.45. The van der Waals surface area contributed by atoms with Gasteiger partial charge >= 0.3 is 0 Å². The third kappa shape index (κ3) is 3.90. The minimum absolute atomic E-state index is 0.114. The third-order valence-corrected chi connectivity index (χ3v) is 3.45. The molecule has 0 bridgehead atoms. The number of likely N-dealkylation sites (tertiary alicyclic amines) is 1. The Hall–Kier alpha value is -1.66. The Morgan fingerprint density at radius 3 is 2.47 bits per heavy atom. The van der Waals surface area contributed by atoms with Crippen LogP contribution in [0.5, 0.6) is 0 Å². The molecule has 1 aliphatic rings. The van der Waals surface area contributed by atoms with E-state index in [9.17, 15) is 10.1 Å². The highest BCUT2D eigenvalue weighted by Crippen LogP contribution is 2.19. The number of hydrogen-bond acceptors (Lipinski definition) is 5. The van der Waals surface area contributed by atoms with E-state index in [2.05, 4.69) is 10.2 Å². The lowest BCUT2D eigenvalue weighted by Crippen LogP contribution is -2.40. The molecule has 6 heteroatoms. The summed E-state index contributed by atoms with van der Waals surface area (Å²) in [4.78, 5) is 12.4.